The number of hydrogen-bond acceptors (Lipinski definition) is 3. The second-order valence-electron chi connectivity index (χ2n) is 8.63. The number of aryl methyl sites for hydroxylation is 1. The third kappa shape index (κ3) is 3.35. The second-order valence-corrected chi connectivity index (χ2v) is 8.63. The fourth-order valence-electron chi connectivity index (χ4n) is 4.89. The van der Waals surface area contributed by atoms with Crippen LogP contribution in [0.4, 0.5) is 0 Å². The van der Waals surface area contributed by atoms with Crippen molar-refractivity contribution in [3.05, 3.63) is 23.7 Å². The molecule has 2 unspecified atom stereocenters. The van der Waals surface area contributed by atoms with Crippen molar-refractivity contribution >= 4 is 11.8 Å². The van der Waals surface area contributed by atoms with E-state index in [1.807, 2.05) is 0 Å². The molecular formula is C19H28N2O3. The van der Waals surface area contributed by atoms with Crippen LogP contribution in [0.3, 0.4) is 0 Å². The van der Waals surface area contributed by atoms with Crippen LogP contribution >= 0.6 is 0 Å². The maximum atomic E-state index is 12.6. The van der Waals surface area contributed by atoms with Gasteiger partial charge in [0.1, 0.15) is 5.76 Å². The summed E-state index contributed by atoms with van der Waals surface area (Å²) in [6.07, 6.45) is 5.23. The molecule has 1 aliphatic heterocycles. The van der Waals surface area contributed by atoms with E-state index in [-0.39, 0.29) is 17.2 Å². The summed E-state index contributed by atoms with van der Waals surface area (Å²) in [5.41, 5.74) is 1.09. The van der Waals surface area contributed by atoms with Crippen LogP contribution in [0.15, 0.2) is 16.7 Å². The maximum Gasteiger partial charge on any atom is 0.254 e. The third-order valence-electron chi connectivity index (χ3n) is 5.46. The minimum absolute atomic E-state index is 0.158. The van der Waals surface area contributed by atoms with Gasteiger partial charge in [0.05, 0.1) is 11.8 Å². The van der Waals surface area contributed by atoms with Crippen molar-refractivity contribution in [2.45, 2.75) is 59.4 Å². The van der Waals surface area contributed by atoms with Gasteiger partial charge in [0.15, 0.2) is 0 Å². The molecule has 1 saturated heterocycles. The predicted molar refractivity (Wildman–Crippen MR) is 91.6 cm³/mol. The van der Waals surface area contributed by atoms with E-state index in [0.29, 0.717) is 35.7 Å². The Morgan fingerprint density at radius 2 is 2.08 bits per heavy atom. The van der Waals surface area contributed by atoms with Crippen LogP contribution in [0.1, 0.15) is 62.6 Å². The smallest absolute Gasteiger partial charge is 0.254 e. The van der Waals surface area contributed by atoms with Gasteiger partial charge < -0.3 is 14.6 Å². The topological polar surface area (TPSA) is 62.6 Å². The van der Waals surface area contributed by atoms with Crippen molar-refractivity contribution in [1.29, 1.82) is 0 Å². The number of rotatable bonds is 4. The Morgan fingerprint density at radius 3 is 2.75 bits per heavy atom. The molecule has 1 saturated carbocycles. The highest BCUT2D eigenvalue weighted by atomic mass is 16.3. The molecule has 2 amide bonds. The fourth-order valence-corrected chi connectivity index (χ4v) is 4.89. The number of amides is 2. The first kappa shape index (κ1) is 17.1. The highest BCUT2D eigenvalue weighted by Crippen LogP contribution is 2.52. The molecule has 5 heteroatoms. The van der Waals surface area contributed by atoms with Gasteiger partial charge in [0.2, 0.25) is 5.91 Å². The van der Waals surface area contributed by atoms with Crippen molar-refractivity contribution in [1.82, 2.24) is 10.2 Å². The predicted octanol–water partition coefficient (Wildman–Crippen LogP) is 3.14. The molecule has 2 fully saturated rings. The second kappa shape index (κ2) is 5.94. The highest BCUT2D eigenvalue weighted by Gasteiger charge is 2.50. The van der Waals surface area contributed by atoms with Crippen LogP contribution < -0.4 is 5.32 Å². The molecule has 0 spiro atoms. The van der Waals surface area contributed by atoms with Gasteiger partial charge in [-0.1, -0.05) is 20.8 Å². The zero-order valence-corrected chi connectivity index (χ0v) is 15.1. The van der Waals surface area contributed by atoms with Gasteiger partial charge >= 0.3 is 0 Å². The Labute approximate surface area is 143 Å². The van der Waals surface area contributed by atoms with E-state index in [1.165, 1.54) is 12.7 Å². The summed E-state index contributed by atoms with van der Waals surface area (Å²) in [7, 11) is 0. The first-order valence-corrected chi connectivity index (χ1v) is 8.81. The number of furan rings is 1. The number of hydrogen-bond donors (Lipinski definition) is 1. The summed E-state index contributed by atoms with van der Waals surface area (Å²) < 4.78 is 5.14. The minimum Gasteiger partial charge on any atom is -0.469 e. The van der Waals surface area contributed by atoms with Crippen LogP contribution in [-0.2, 0) is 4.79 Å². The number of fused-ring (bicyclic) bond motifs is 2. The molecule has 1 N–H and O–H groups in total. The van der Waals surface area contributed by atoms with E-state index < -0.39 is 0 Å². The molecular weight excluding hydrogens is 304 g/mol. The standard InChI is InChI=1S/C19H28N2O3/c1-13-15(6-8-24-13)17(23)20-7-5-16(22)21-12-19(4)10-14(21)9-18(2,3)11-19/h6,8,14H,5,7,9-12H2,1-4H3,(H,20,23). The molecule has 1 aromatic heterocycles. The lowest BCUT2D eigenvalue weighted by Gasteiger charge is -2.39. The average Bonchev–Trinajstić information content (AvgIpc) is 2.98. The zero-order chi connectivity index (χ0) is 17.5. The van der Waals surface area contributed by atoms with Crippen molar-refractivity contribution in [2.75, 3.05) is 13.1 Å². The number of carbonyl (C=O) groups excluding carboxylic acids is 2. The lowest BCUT2D eigenvalue weighted by atomic mass is 9.65. The Kier molecular flexibility index (Phi) is 4.22. The van der Waals surface area contributed by atoms with Gasteiger partial charge in [-0.05, 0) is 43.1 Å². The van der Waals surface area contributed by atoms with Gasteiger partial charge in [0, 0.05) is 25.6 Å². The normalized spacial score (nSPS) is 28.0. The summed E-state index contributed by atoms with van der Waals surface area (Å²) in [6.45, 7) is 9.89. The number of nitrogens with zero attached hydrogens (tertiary/aromatic N) is 1. The molecule has 5 nitrogen and oxygen atoms in total. The van der Waals surface area contributed by atoms with Gasteiger partial charge in [-0.25, -0.2) is 0 Å². The van der Waals surface area contributed by atoms with Crippen molar-refractivity contribution in [3.8, 4) is 0 Å². The average molecular weight is 332 g/mol. The van der Waals surface area contributed by atoms with E-state index in [2.05, 4.69) is 31.0 Å². The molecule has 2 atom stereocenters. The Balaban J connectivity index is 1.53. The molecule has 2 aliphatic rings. The molecule has 1 aromatic rings. The molecule has 0 aromatic carbocycles. The summed E-state index contributed by atoms with van der Waals surface area (Å²) >= 11 is 0. The van der Waals surface area contributed by atoms with E-state index in [9.17, 15) is 9.59 Å². The molecule has 2 bridgehead atoms. The van der Waals surface area contributed by atoms with Gasteiger partial charge in [0.25, 0.3) is 5.91 Å². The molecule has 24 heavy (non-hydrogen) atoms. The Morgan fingerprint density at radius 1 is 1.33 bits per heavy atom. The molecule has 132 valence electrons. The molecule has 3 rings (SSSR count). The van der Waals surface area contributed by atoms with Crippen LogP contribution in [0.2, 0.25) is 0 Å². The SMILES string of the molecule is Cc1occc1C(=O)NCCC(=O)N1CC2(C)CC1CC(C)(C)C2. The lowest BCUT2D eigenvalue weighted by Crippen LogP contribution is -2.39. The Bertz CT molecular complexity index is 649. The van der Waals surface area contributed by atoms with Crippen LogP contribution in [0, 0.1) is 17.8 Å². The van der Waals surface area contributed by atoms with Gasteiger partial charge in [-0.2, -0.15) is 0 Å². The van der Waals surface area contributed by atoms with Crippen LogP contribution in [0.25, 0.3) is 0 Å². The summed E-state index contributed by atoms with van der Waals surface area (Å²) in [6, 6.07) is 2.01. The van der Waals surface area contributed by atoms with Gasteiger partial charge in [-0.3, -0.25) is 9.59 Å². The van der Waals surface area contributed by atoms with Crippen molar-refractivity contribution in [2.24, 2.45) is 10.8 Å². The third-order valence-corrected chi connectivity index (χ3v) is 5.46. The minimum atomic E-state index is -0.178. The van der Waals surface area contributed by atoms with Crippen LogP contribution in [0.5, 0.6) is 0 Å². The molecule has 2 heterocycles. The first-order valence-electron chi connectivity index (χ1n) is 8.81. The van der Waals surface area contributed by atoms with Gasteiger partial charge in [-0.15, -0.1) is 0 Å². The number of likely N-dealkylation sites (tertiary alicyclic amines) is 1. The van der Waals surface area contributed by atoms with Crippen molar-refractivity contribution < 1.29 is 14.0 Å². The first-order chi connectivity index (χ1) is 11.2. The monoisotopic (exact) mass is 332 g/mol. The van der Waals surface area contributed by atoms with E-state index in [0.717, 1.165) is 19.4 Å². The fraction of sp³-hybridized carbons (Fsp3) is 0.684. The summed E-state index contributed by atoms with van der Waals surface area (Å²) in [5, 5.41) is 2.82. The highest BCUT2D eigenvalue weighted by molar-refractivity contribution is 5.95. The number of nitrogens with one attached hydrogen (secondary N) is 1. The maximum absolute atomic E-state index is 12.6. The quantitative estimate of drug-likeness (QED) is 0.921. The Hall–Kier alpha value is -1.78. The van der Waals surface area contributed by atoms with E-state index in [4.69, 9.17) is 4.42 Å². The number of carbonyl (C=O) groups is 2. The summed E-state index contributed by atoms with van der Waals surface area (Å²) in [5.74, 6) is 0.579. The van der Waals surface area contributed by atoms with E-state index >= 15 is 0 Å². The lowest BCUT2D eigenvalue weighted by molar-refractivity contribution is -0.132. The van der Waals surface area contributed by atoms with E-state index in [1.54, 1.807) is 13.0 Å². The zero-order valence-electron chi connectivity index (χ0n) is 15.1. The summed E-state index contributed by atoms with van der Waals surface area (Å²) in [4.78, 5) is 26.7. The van der Waals surface area contributed by atoms with Crippen molar-refractivity contribution in [3.63, 3.8) is 0 Å². The van der Waals surface area contributed by atoms with Crippen LogP contribution in [-0.4, -0.2) is 35.8 Å². The molecule has 0 radical (unpaired) electrons. The largest absolute Gasteiger partial charge is 0.469 e. The molecule has 1 aliphatic carbocycles.